The average Bonchev–Trinajstić information content (AvgIpc) is 3.00. The lowest BCUT2D eigenvalue weighted by atomic mass is 9.84. The van der Waals surface area contributed by atoms with Gasteiger partial charge >= 0.3 is 0 Å². The van der Waals surface area contributed by atoms with E-state index in [-0.39, 0.29) is 24.0 Å². The van der Waals surface area contributed by atoms with E-state index in [4.69, 9.17) is 0 Å². The molecule has 1 aromatic heterocycles. The van der Waals surface area contributed by atoms with Crippen molar-refractivity contribution in [2.24, 2.45) is 10.9 Å². The molecule has 6 heteroatoms. The molecule has 0 atom stereocenters. The Morgan fingerprint density at radius 2 is 2.05 bits per heavy atom. The fourth-order valence-electron chi connectivity index (χ4n) is 2.87. The Hall–Kier alpha value is -0.370. The van der Waals surface area contributed by atoms with Gasteiger partial charge in [-0.15, -0.1) is 35.3 Å². The van der Waals surface area contributed by atoms with Crippen LogP contribution in [0.2, 0.25) is 0 Å². The van der Waals surface area contributed by atoms with Crippen LogP contribution >= 0.6 is 35.3 Å². The normalized spacial score (nSPS) is 22.0. The van der Waals surface area contributed by atoms with Gasteiger partial charge < -0.3 is 10.6 Å². The van der Waals surface area contributed by atoms with E-state index in [9.17, 15) is 0 Å². The van der Waals surface area contributed by atoms with Crippen LogP contribution in [0, 0.1) is 5.92 Å². The van der Waals surface area contributed by atoms with Gasteiger partial charge in [-0.3, -0.25) is 4.99 Å². The predicted molar refractivity (Wildman–Crippen MR) is 106 cm³/mol. The number of hydrogen-bond donors (Lipinski definition) is 2. The number of thiazole rings is 1. The Kier molecular flexibility index (Phi) is 9.31. The third-order valence-electron chi connectivity index (χ3n) is 4.33. The number of hydrogen-bond acceptors (Lipinski definition) is 3. The Balaban J connectivity index is 0.00000242. The second-order valence-electron chi connectivity index (χ2n) is 5.78. The van der Waals surface area contributed by atoms with E-state index in [0.29, 0.717) is 6.04 Å². The predicted octanol–water partition coefficient (Wildman–Crippen LogP) is 3.96. The molecule has 2 N–H and O–H groups in total. The summed E-state index contributed by atoms with van der Waals surface area (Å²) in [4.78, 5) is 8.91. The number of aromatic nitrogens is 1. The van der Waals surface area contributed by atoms with Crippen molar-refractivity contribution in [3.05, 3.63) is 16.1 Å². The van der Waals surface area contributed by atoms with Gasteiger partial charge in [-0.1, -0.05) is 20.3 Å². The van der Waals surface area contributed by atoms with Crippen LogP contribution in [0.5, 0.6) is 0 Å². The SMILES string of the molecule is CCc1nc(CNC(=NC)NC2CCC(CC)CC2)cs1.I. The smallest absolute Gasteiger partial charge is 0.191 e. The van der Waals surface area contributed by atoms with Crippen LogP contribution in [0.15, 0.2) is 10.4 Å². The van der Waals surface area contributed by atoms with E-state index in [1.165, 1.54) is 37.1 Å². The monoisotopic (exact) mass is 436 g/mol. The van der Waals surface area contributed by atoms with Gasteiger partial charge in [0, 0.05) is 18.5 Å². The summed E-state index contributed by atoms with van der Waals surface area (Å²) in [5, 5.41) is 10.3. The molecule has 1 aliphatic rings. The Bertz CT molecular complexity index is 453. The number of nitrogens with one attached hydrogen (secondary N) is 2. The summed E-state index contributed by atoms with van der Waals surface area (Å²) in [5.74, 6) is 1.83. The molecule has 22 heavy (non-hydrogen) atoms. The van der Waals surface area contributed by atoms with Crippen molar-refractivity contribution in [3.8, 4) is 0 Å². The first kappa shape index (κ1) is 19.7. The maximum atomic E-state index is 4.58. The van der Waals surface area contributed by atoms with Crippen molar-refractivity contribution in [2.75, 3.05) is 7.05 Å². The number of nitrogens with zero attached hydrogens (tertiary/aromatic N) is 2. The van der Waals surface area contributed by atoms with Crippen LogP contribution in [-0.4, -0.2) is 24.0 Å². The van der Waals surface area contributed by atoms with Crippen LogP contribution in [0.1, 0.15) is 56.7 Å². The molecule has 0 aliphatic heterocycles. The van der Waals surface area contributed by atoms with E-state index in [1.807, 2.05) is 7.05 Å². The topological polar surface area (TPSA) is 49.3 Å². The second-order valence-corrected chi connectivity index (χ2v) is 6.72. The second kappa shape index (κ2) is 10.4. The summed E-state index contributed by atoms with van der Waals surface area (Å²) >= 11 is 1.74. The maximum Gasteiger partial charge on any atom is 0.191 e. The third-order valence-corrected chi connectivity index (χ3v) is 5.37. The van der Waals surface area contributed by atoms with Crippen LogP contribution in [0.25, 0.3) is 0 Å². The summed E-state index contributed by atoms with van der Waals surface area (Å²) in [5.41, 5.74) is 1.11. The fourth-order valence-corrected chi connectivity index (χ4v) is 3.61. The molecule has 1 saturated carbocycles. The van der Waals surface area contributed by atoms with E-state index < -0.39 is 0 Å². The summed E-state index contributed by atoms with van der Waals surface area (Å²) < 4.78 is 0. The summed E-state index contributed by atoms with van der Waals surface area (Å²) in [7, 11) is 1.84. The summed E-state index contributed by atoms with van der Waals surface area (Å²) in [6, 6.07) is 0.570. The molecule has 0 saturated heterocycles. The minimum atomic E-state index is 0. The Labute approximate surface area is 155 Å². The molecule has 1 aromatic rings. The zero-order valence-corrected chi connectivity index (χ0v) is 17.0. The van der Waals surface area contributed by atoms with Gasteiger partial charge in [0.25, 0.3) is 0 Å². The minimum Gasteiger partial charge on any atom is -0.354 e. The Morgan fingerprint density at radius 1 is 1.32 bits per heavy atom. The lowest BCUT2D eigenvalue weighted by Gasteiger charge is -2.29. The highest BCUT2D eigenvalue weighted by atomic mass is 127. The zero-order chi connectivity index (χ0) is 15.1. The van der Waals surface area contributed by atoms with E-state index in [0.717, 1.165) is 30.5 Å². The highest BCUT2D eigenvalue weighted by Crippen LogP contribution is 2.26. The summed E-state index contributed by atoms with van der Waals surface area (Å²) in [6.07, 6.45) is 7.54. The highest BCUT2D eigenvalue weighted by molar-refractivity contribution is 14.0. The van der Waals surface area contributed by atoms with Gasteiger partial charge in [0.2, 0.25) is 0 Å². The standard InChI is InChI=1S/C16H28N4S.HI/c1-4-12-6-8-13(9-7-12)20-16(17-3)18-10-14-11-21-15(5-2)19-14;/h11-13H,4-10H2,1-3H3,(H2,17,18,20);1H. The average molecular weight is 436 g/mol. The zero-order valence-electron chi connectivity index (χ0n) is 13.9. The van der Waals surface area contributed by atoms with Crippen LogP contribution in [0.3, 0.4) is 0 Å². The first-order valence-corrected chi connectivity index (χ1v) is 9.03. The van der Waals surface area contributed by atoms with Crippen LogP contribution in [0.4, 0.5) is 0 Å². The van der Waals surface area contributed by atoms with Crippen molar-refractivity contribution in [3.63, 3.8) is 0 Å². The van der Waals surface area contributed by atoms with Gasteiger partial charge in [-0.25, -0.2) is 4.98 Å². The van der Waals surface area contributed by atoms with Crippen molar-refractivity contribution in [1.29, 1.82) is 0 Å². The molecule has 2 rings (SSSR count). The molecule has 0 bridgehead atoms. The minimum absolute atomic E-state index is 0. The molecule has 4 nitrogen and oxygen atoms in total. The van der Waals surface area contributed by atoms with Crippen LogP contribution in [-0.2, 0) is 13.0 Å². The number of aliphatic imine (C=N–C) groups is 1. The van der Waals surface area contributed by atoms with Gasteiger partial charge in [-0.2, -0.15) is 0 Å². The van der Waals surface area contributed by atoms with E-state index in [1.54, 1.807) is 11.3 Å². The van der Waals surface area contributed by atoms with Gasteiger partial charge in [0.05, 0.1) is 17.2 Å². The quantitative estimate of drug-likeness (QED) is 0.418. The molecule has 1 heterocycles. The first-order valence-electron chi connectivity index (χ1n) is 8.15. The Morgan fingerprint density at radius 3 is 2.59 bits per heavy atom. The molecule has 1 fully saturated rings. The molecule has 0 amide bonds. The van der Waals surface area contributed by atoms with E-state index in [2.05, 4.69) is 39.8 Å². The van der Waals surface area contributed by atoms with Crippen molar-refractivity contribution in [2.45, 2.75) is 65.0 Å². The van der Waals surface area contributed by atoms with Crippen molar-refractivity contribution < 1.29 is 0 Å². The van der Waals surface area contributed by atoms with E-state index >= 15 is 0 Å². The lowest BCUT2D eigenvalue weighted by Crippen LogP contribution is -2.44. The first-order chi connectivity index (χ1) is 10.2. The molecular weight excluding hydrogens is 407 g/mol. The maximum absolute atomic E-state index is 4.58. The largest absolute Gasteiger partial charge is 0.354 e. The highest BCUT2D eigenvalue weighted by Gasteiger charge is 2.20. The summed E-state index contributed by atoms with van der Waals surface area (Å²) in [6.45, 7) is 5.20. The molecule has 0 aromatic carbocycles. The lowest BCUT2D eigenvalue weighted by molar-refractivity contribution is 0.304. The van der Waals surface area contributed by atoms with Gasteiger partial charge in [0.1, 0.15) is 0 Å². The molecule has 0 unspecified atom stereocenters. The number of rotatable bonds is 5. The third kappa shape index (κ3) is 6.02. The molecular formula is C16H29IN4S. The van der Waals surface area contributed by atoms with Crippen LogP contribution < -0.4 is 10.6 Å². The number of aryl methyl sites for hydroxylation is 1. The number of guanidine groups is 1. The molecule has 0 radical (unpaired) electrons. The van der Waals surface area contributed by atoms with Crippen molar-refractivity contribution in [1.82, 2.24) is 15.6 Å². The molecule has 0 spiro atoms. The van der Waals surface area contributed by atoms with Gasteiger partial charge in [0.15, 0.2) is 5.96 Å². The fraction of sp³-hybridized carbons (Fsp3) is 0.750. The molecule has 1 aliphatic carbocycles. The molecule has 126 valence electrons. The van der Waals surface area contributed by atoms with Gasteiger partial charge in [-0.05, 0) is 38.0 Å². The number of halogens is 1. The van der Waals surface area contributed by atoms with Crippen molar-refractivity contribution >= 4 is 41.3 Å².